The van der Waals surface area contributed by atoms with E-state index in [4.69, 9.17) is 0 Å². The summed E-state index contributed by atoms with van der Waals surface area (Å²) in [6.07, 6.45) is 1.50. The van der Waals surface area contributed by atoms with Crippen LogP contribution in [-0.2, 0) is 5.54 Å². The zero-order valence-electron chi connectivity index (χ0n) is 11.4. The summed E-state index contributed by atoms with van der Waals surface area (Å²) in [5.74, 6) is 0.0639. The van der Waals surface area contributed by atoms with Crippen molar-refractivity contribution in [3.8, 4) is 5.75 Å². The minimum Gasteiger partial charge on any atom is -0.504 e. The van der Waals surface area contributed by atoms with Gasteiger partial charge in [-0.1, -0.05) is 30.3 Å². The largest absolute Gasteiger partial charge is 0.504 e. The Kier molecular flexibility index (Phi) is 3.89. The van der Waals surface area contributed by atoms with Crippen molar-refractivity contribution in [1.29, 1.82) is 0 Å². The molecule has 0 spiro atoms. The van der Waals surface area contributed by atoms with Crippen molar-refractivity contribution < 1.29 is 9.90 Å². The molecule has 2 aromatic rings. The third-order valence-corrected chi connectivity index (χ3v) is 2.94. The molecule has 1 heterocycles. The predicted octanol–water partition coefficient (Wildman–Crippen LogP) is 2.84. The maximum atomic E-state index is 12.0. The van der Waals surface area contributed by atoms with Gasteiger partial charge in [-0.25, -0.2) is 9.78 Å². The number of urea groups is 1. The first-order chi connectivity index (χ1) is 9.49. The Morgan fingerprint density at radius 3 is 2.50 bits per heavy atom. The Balaban J connectivity index is 2.07. The topological polar surface area (TPSA) is 74.2 Å². The highest BCUT2D eigenvalue weighted by Gasteiger charge is 2.22. The molecule has 2 amide bonds. The number of carbonyl (C=O) groups is 1. The second kappa shape index (κ2) is 5.61. The second-order valence-electron chi connectivity index (χ2n) is 4.94. The Labute approximate surface area is 117 Å². The van der Waals surface area contributed by atoms with Crippen LogP contribution >= 0.6 is 0 Å². The van der Waals surface area contributed by atoms with Gasteiger partial charge in [0.25, 0.3) is 0 Å². The van der Waals surface area contributed by atoms with Gasteiger partial charge in [0, 0.05) is 6.20 Å². The minimum atomic E-state index is -0.532. The fraction of sp³-hybridized carbons (Fsp3) is 0.200. The van der Waals surface area contributed by atoms with Crippen molar-refractivity contribution in [3.05, 3.63) is 54.2 Å². The number of nitrogens with one attached hydrogen (secondary N) is 2. The fourth-order valence-electron chi connectivity index (χ4n) is 1.84. The lowest BCUT2D eigenvalue weighted by Crippen LogP contribution is -2.43. The Bertz CT molecular complexity index is 597. The highest BCUT2D eigenvalue weighted by atomic mass is 16.3. The standard InChI is InChI=1S/C15H17N3O2/c1-15(2,11-7-4-3-5-8-11)18-14(20)17-13-12(19)9-6-10-16-13/h3-10,19H,1-2H3,(H2,16,17,18,20). The number of aromatic nitrogens is 1. The zero-order chi connectivity index (χ0) is 14.6. The molecule has 0 fully saturated rings. The maximum absolute atomic E-state index is 12.0. The lowest BCUT2D eigenvalue weighted by atomic mass is 9.95. The number of benzene rings is 1. The van der Waals surface area contributed by atoms with Crippen molar-refractivity contribution in [3.63, 3.8) is 0 Å². The zero-order valence-corrected chi connectivity index (χ0v) is 11.4. The first-order valence-electron chi connectivity index (χ1n) is 6.28. The van der Waals surface area contributed by atoms with E-state index in [9.17, 15) is 9.90 Å². The van der Waals surface area contributed by atoms with E-state index < -0.39 is 11.6 Å². The van der Waals surface area contributed by atoms with Gasteiger partial charge >= 0.3 is 6.03 Å². The molecule has 0 bridgehead atoms. The van der Waals surface area contributed by atoms with Crippen LogP contribution < -0.4 is 10.6 Å². The average molecular weight is 271 g/mol. The van der Waals surface area contributed by atoms with E-state index in [-0.39, 0.29) is 11.6 Å². The molecule has 0 saturated heterocycles. The molecule has 0 unspecified atom stereocenters. The monoisotopic (exact) mass is 271 g/mol. The van der Waals surface area contributed by atoms with Gasteiger partial charge in [0.1, 0.15) is 0 Å². The number of pyridine rings is 1. The quantitative estimate of drug-likeness (QED) is 0.803. The van der Waals surface area contributed by atoms with E-state index >= 15 is 0 Å². The molecule has 20 heavy (non-hydrogen) atoms. The summed E-state index contributed by atoms with van der Waals surface area (Å²) < 4.78 is 0. The van der Waals surface area contributed by atoms with Crippen LogP contribution in [0, 0.1) is 0 Å². The van der Waals surface area contributed by atoms with Crippen molar-refractivity contribution in [1.82, 2.24) is 10.3 Å². The Morgan fingerprint density at radius 2 is 1.85 bits per heavy atom. The van der Waals surface area contributed by atoms with Gasteiger partial charge in [-0.15, -0.1) is 0 Å². The van der Waals surface area contributed by atoms with E-state index in [0.29, 0.717) is 0 Å². The summed E-state index contributed by atoms with van der Waals surface area (Å²) in [5.41, 5.74) is 0.454. The molecular weight excluding hydrogens is 254 g/mol. The molecule has 0 atom stereocenters. The number of amides is 2. The lowest BCUT2D eigenvalue weighted by Gasteiger charge is -2.26. The highest BCUT2D eigenvalue weighted by molar-refractivity contribution is 5.90. The van der Waals surface area contributed by atoms with Crippen LogP contribution in [-0.4, -0.2) is 16.1 Å². The van der Waals surface area contributed by atoms with Gasteiger partial charge < -0.3 is 10.4 Å². The molecule has 2 rings (SSSR count). The van der Waals surface area contributed by atoms with Crippen LogP contribution in [0.15, 0.2) is 48.7 Å². The van der Waals surface area contributed by atoms with Crippen molar-refractivity contribution >= 4 is 11.8 Å². The Hall–Kier alpha value is -2.56. The summed E-state index contributed by atoms with van der Waals surface area (Å²) in [6.45, 7) is 3.81. The van der Waals surface area contributed by atoms with Crippen LogP contribution in [0.1, 0.15) is 19.4 Å². The molecule has 3 N–H and O–H groups in total. The first-order valence-corrected chi connectivity index (χ1v) is 6.28. The summed E-state index contributed by atoms with van der Waals surface area (Å²) in [7, 11) is 0. The van der Waals surface area contributed by atoms with Gasteiger partial charge in [0.2, 0.25) is 0 Å². The van der Waals surface area contributed by atoms with Crippen molar-refractivity contribution in [2.75, 3.05) is 5.32 Å². The second-order valence-corrected chi connectivity index (χ2v) is 4.94. The minimum absolute atomic E-state index is 0.0693. The SMILES string of the molecule is CC(C)(NC(=O)Nc1ncccc1O)c1ccccc1. The smallest absolute Gasteiger partial charge is 0.321 e. The number of anilines is 1. The van der Waals surface area contributed by atoms with Gasteiger partial charge in [0.15, 0.2) is 11.6 Å². The number of nitrogens with zero attached hydrogens (tertiary/aromatic N) is 1. The first kappa shape index (κ1) is 13.9. The van der Waals surface area contributed by atoms with Crippen LogP contribution in [0.2, 0.25) is 0 Å². The van der Waals surface area contributed by atoms with Gasteiger partial charge in [-0.2, -0.15) is 0 Å². The molecule has 5 heteroatoms. The summed E-state index contributed by atoms with van der Waals surface area (Å²) in [5, 5.41) is 14.9. The van der Waals surface area contributed by atoms with Gasteiger partial charge in [0.05, 0.1) is 5.54 Å². The van der Waals surface area contributed by atoms with E-state index in [1.54, 1.807) is 6.07 Å². The van der Waals surface area contributed by atoms with Gasteiger partial charge in [-0.05, 0) is 31.5 Å². The van der Waals surface area contributed by atoms with Crippen molar-refractivity contribution in [2.45, 2.75) is 19.4 Å². The summed E-state index contributed by atoms with van der Waals surface area (Å²) >= 11 is 0. The van der Waals surface area contributed by atoms with Crippen LogP contribution in [0.4, 0.5) is 10.6 Å². The van der Waals surface area contributed by atoms with Crippen LogP contribution in [0.25, 0.3) is 0 Å². The van der Waals surface area contributed by atoms with E-state index in [1.807, 2.05) is 44.2 Å². The molecule has 0 aliphatic carbocycles. The normalized spacial score (nSPS) is 10.9. The number of aromatic hydroxyl groups is 1. The number of hydrogen-bond acceptors (Lipinski definition) is 3. The Morgan fingerprint density at radius 1 is 1.15 bits per heavy atom. The number of carbonyl (C=O) groups excluding carboxylic acids is 1. The number of hydrogen-bond donors (Lipinski definition) is 3. The van der Waals surface area contributed by atoms with Gasteiger partial charge in [-0.3, -0.25) is 5.32 Å². The molecule has 0 aliphatic rings. The molecule has 0 radical (unpaired) electrons. The summed E-state index contributed by atoms with van der Waals surface area (Å²) in [4.78, 5) is 15.9. The predicted molar refractivity (Wildman–Crippen MR) is 77.5 cm³/mol. The molecule has 5 nitrogen and oxygen atoms in total. The fourth-order valence-corrected chi connectivity index (χ4v) is 1.84. The van der Waals surface area contributed by atoms with Crippen LogP contribution in [0.3, 0.4) is 0 Å². The summed E-state index contributed by atoms with van der Waals surface area (Å²) in [6, 6.07) is 12.3. The number of rotatable bonds is 3. The lowest BCUT2D eigenvalue weighted by molar-refractivity contribution is 0.241. The maximum Gasteiger partial charge on any atom is 0.321 e. The molecular formula is C15H17N3O2. The van der Waals surface area contributed by atoms with Crippen molar-refractivity contribution in [2.24, 2.45) is 0 Å². The average Bonchev–Trinajstić information content (AvgIpc) is 2.42. The van der Waals surface area contributed by atoms with E-state index in [1.165, 1.54) is 12.3 Å². The third kappa shape index (κ3) is 3.26. The molecule has 0 saturated carbocycles. The van der Waals surface area contributed by atoms with E-state index in [0.717, 1.165) is 5.56 Å². The third-order valence-electron chi connectivity index (χ3n) is 2.94. The van der Waals surface area contributed by atoms with Crippen LogP contribution in [0.5, 0.6) is 5.75 Å². The van der Waals surface area contributed by atoms with E-state index in [2.05, 4.69) is 15.6 Å². The molecule has 104 valence electrons. The molecule has 1 aromatic heterocycles. The molecule has 0 aliphatic heterocycles. The highest BCUT2D eigenvalue weighted by Crippen LogP contribution is 2.21. The molecule has 1 aromatic carbocycles.